The second kappa shape index (κ2) is 13.3. The first-order chi connectivity index (χ1) is 20.2. The molecule has 4 rings (SSSR count). The van der Waals surface area contributed by atoms with Crippen molar-refractivity contribution in [2.45, 2.75) is 71.3 Å². The first kappa shape index (κ1) is 32.2. The lowest BCUT2D eigenvalue weighted by Crippen LogP contribution is -2.43. The van der Waals surface area contributed by atoms with Gasteiger partial charge in [0.15, 0.2) is 0 Å². The van der Waals surface area contributed by atoms with Crippen LogP contribution in [-0.4, -0.2) is 71.4 Å². The minimum Gasteiger partial charge on any atom is -0.444 e. The second-order valence-corrected chi connectivity index (χ2v) is 12.3. The third kappa shape index (κ3) is 8.42. The Morgan fingerprint density at radius 2 is 1.74 bits per heavy atom. The Labute approximate surface area is 251 Å². The Bertz CT molecular complexity index is 1320. The van der Waals surface area contributed by atoms with Gasteiger partial charge in [-0.05, 0) is 68.9 Å². The van der Waals surface area contributed by atoms with E-state index in [0.717, 1.165) is 42.1 Å². The van der Waals surface area contributed by atoms with Crippen molar-refractivity contribution in [1.29, 1.82) is 0 Å². The molecule has 1 aliphatic heterocycles. The zero-order valence-electron chi connectivity index (χ0n) is 25.3. The van der Waals surface area contributed by atoms with Gasteiger partial charge in [0.2, 0.25) is 11.8 Å². The number of likely N-dealkylation sites (N-methyl/N-ethyl adjacent to an activating group) is 1. The smallest absolute Gasteiger partial charge is 0.416 e. The first-order valence-corrected chi connectivity index (χ1v) is 14.7. The molecule has 0 saturated heterocycles. The van der Waals surface area contributed by atoms with Crippen LogP contribution < -0.4 is 5.32 Å². The Hall–Kier alpha value is -3.76. The van der Waals surface area contributed by atoms with Crippen LogP contribution in [0, 0.1) is 5.92 Å². The van der Waals surface area contributed by atoms with Crippen molar-refractivity contribution in [3.63, 3.8) is 0 Å². The maximum Gasteiger partial charge on any atom is 0.416 e. The van der Waals surface area contributed by atoms with Crippen LogP contribution >= 0.6 is 0 Å². The van der Waals surface area contributed by atoms with Gasteiger partial charge in [0.05, 0.1) is 12.1 Å². The summed E-state index contributed by atoms with van der Waals surface area (Å²) in [5.74, 6) is -0.0790. The standard InChI is InChI=1S/C32H41F3N4O4/c1-31(2,3)43-30(42)37(4)17-18-38(21-24-9-5-6-13-26(24)32(33,34)35)28(40)19-36-27-14-8-12-23-20-39(16-15-25(23)27)29(41)22-10-7-11-22/h5-6,8-9,12-14,22,36H,7,10-11,15-21H2,1-4H3. The van der Waals surface area contributed by atoms with Crippen LogP contribution in [0.1, 0.15) is 62.3 Å². The van der Waals surface area contributed by atoms with Gasteiger partial charge in [0, 0.05) is 51.4 Å². The van der Waals surface area contributed by atoms with E-state index < -0.39 is 29.3 Å². The second-order valence-electron chi connectivity index (χ2n) is 12.3. The molecule has 0 radical (unpaired) electrons. The fourth-order valence-corrected chi connectivity index (χ4v) is 5.29. The van der Waals surface area contributed by atoms with E-state index in [2.05, 4.69) is 5.32 Å². The molecule has 3 amide bonds. The lowest BCUT2D eigenvalue weighted by Gasteiger charge is -2.35. The van der Waals surface area contributed by atoms with Crippen molar-refractivity contribution in [2.75, 3.05) is 38.5 Å². The molecule has 8 nitrogen and oxygen atoms in total. The van der Waals surface area contributed by atoms with Crippen LogP contribution in [0.15, 0.2) is 42.5 Å². The molecule has 2 aromatic rings. The van der Waals surface area contributed by atoms with Gasteiger partial charge in [-0.1, -0.05) is 36.8 Å². The Morgan fingerprint density at radius 3 is 2.40 bits per heavy atom. The summed E-state index contributed by atoms with van der Waals surface area (Å²) >= 11 is 0. The Morgan fingerprint density at radius 1 is 1.02 bits per heavy atom. The van der Waals surface area contributed by atoms with Crippen molar-refractivity contribution in [1.82, 2.24) is 14.7 Å². The van der Waals surface area contributed by atoms with Gasteiger partial charge in [0.25, 0.3) is 0 Å². The van der Waals surface area contributed by atoms with Crippen LogP contribution in [0.3, 0.4) is 0 Å². The molecule has 0 atom stereocenters. The molecule has 0 unspecified atom stereocenters. The number of carbonyl (C=O) groups excluding carboxylic acids is 3. The van der Waals surface area contributed by atoms with E-state index in [1.807, 2.05) is 23.1 Å². The SMILES string of the molecule is CN(CCN(Cc1ccccc1C(F)(F)F)C(=O)CNc1cccc2c1CCN(C(=O)C1CCC1)C2)C(=O)OC(C)(C)C. The van der Waals surface area contributed by atoms with E-state index in [4.69, 9.17) is 4.74 Å². The fraction of sp³-hybridized carbons (Fsp3) is 0.531. The number of rotatable bonds is 9. The zero-order valence-corrected chi connectivity index (χ0v) is 25.3. The number of anilines is 1. The lowest BCUT2D eigenvalue weighted by molar-refractivity contribution is -0.140. The highest BCUT2D eigenvalue weighted by molar-refractivity contribution is 5.82. The summed E-state index contributed by atoms with van der Waals surface area (Å²) in [6.45, 7) is 5.99. The average molecular weight is 603 g/mol. The molecule has 1 N–H and O–H groups in total. The minimum absolute atomic E-state index is 0.00752. The van der Waals surface area contributed by atoms with Crippen molar-refractivity contribution < 1.29 is 32.3 Å². The van der Waals surface area contributed by atoms with E-state index in [-0.39, 0.29) is 43.6 Å². The van der Waals surface area contributed by atoms with Crippen molar-refractivity contribution in [2.24, 2.45) is 5.92 Å². The number of amides is 3. The summed E-state index contributed by atoms with van der Waals surface area (Å²) in [6, 6.07) is 10.9. The first-order valence-electron chi connectivity index (χ1n) is 14.7. The van der Waals surface area contributed by atoms with E-state index in [1.54, 1.807) is 20.8 Å². The summed E-state index contributed by atoms with van der Waals surface area (Å²) in [5.41, 5.74) is 1.27. The number of hydrogen-bond donors (Lipinski definition) is 1. The van der Waals surface area contributed by atoms with E-state index in [1.165, 1.54) is 35.0 Å². The number of fused-ring (bicyclic) bond motifs is 1. The Balaban J connectivity index is 1.46. The predicted octanol–water partition coefficient (Wildman–Crippen LogP) is 5.70. The number of hydrogen-bond acceptors (Lipinski definition) is 5. The van der Waals surface area contributed by atoms with Gasteiger partial charge >= 0.3 is 12.3 Å². The quantitative estimate of drug-likeness (QED) is 0.399. The van der Waals surface area contributed by atoms with Gasteiger partial charge in [-0.2, -0.15) is 13.2 Å². The molecule has 0 bridgehead atoms. The molecular formula is C32H41F3N4O4. The number of carbonyl (C=O) groups is 3. The number of nitrogens with zero attached hydrogens (tertiary/aromatic N) is 3. The van der Waals surface area contributed by atoms with Gasteiger partial charge < -0.3 is 24.8 Å². The van der Waals surface area contributed by atoms with Gasteiger partial charge in [-0.15, -0.1) is 0 Å². The summed E-state index contributed by atoms with van der Waals surface area (Å²) < 4.78 is 46.6. The molecule has 2 aliphatic rings. The number of ether oxygens (including phenoxy) is 1. The van der Waals surface area contributed by atoms with Crippen LogP contribution in [0.25, 0.3) is 0 Å². The van der Waals surface area contributed by atoms with Crippen LogP contribution in [-0.2, 0) is 40.0 Å². The molecule has 1 saturated carbocycles. The maximum absolute atomic E-state index is 13.7. The molecule has 1 heterocycles. The monoisotopic (exact) mass is 602 g/mol. The number of halogens is 3. The van der Waals surface area contributed by atoms with E-state index in [0.29, 0.717) is 19.5 Å². The molecule has 1 fully saturated rings. The average Bonchev–Trinajstić information content (AvgIpc) is 2.91. The molecule has 1 aliphatic carbocycles. The van der Waals surface area contributed by atoms with Crippen LogP contribution in [0.5, 0.6) is 0 Å². The largest absolute Gasteiger partial charge is 0.444 e. The van der Waals surface area contributed by atoms with Gasteiger partial charge in [0.1, 0.15) is 5.60 Å². The highest BCUT2D eigenvalue weighted by atomic mass is 19.4. The van der Waals surface area contributed by atoms with Crippen molar-refractivity contribution >= 4 is 23.6 Å². The highest BCUT2D eigenvalue weighted by Crippen LogP contribution is 2.33. The molecule has 234 valence electrons. The zero-order chi connectivity index (χ0) is 31.4. The highest BCUT2D eigenvalue weighted by Gasteiger charge is 2.34. The van der Waals surface area contributed by atoms with Gasteiger partial charge in [-0.3, -0.25) is 9.59 Å². The third-order valence-electron chi connectivity index (χ3n) is 7.91. The van der Waals surface area contributed by atoms with Crippen molar-refractivity contribution in [3.05, 3.63) is 64.7 Å². The third-order valence-corrected chi connectivity index (χ3v) is 7.91. The van der Waals surface area contributed by atoms with Crippen LogP contribution in [0.4, 0.5) is 23.7 Å². The minimum atomic E-state index is -4.58. The Kier molecular flexibility index (Phi) is 9.92. The van der Waals surface area contributed by atoms with E-state index in [9.17, 15) is 27.6 Å². The topological polar surface area (TPSA) is 82.2 Å². The maximum atomic E-state index is 13.7. The predicted molar refractivity (Wildman–Crippen MR) is 157 cm³/mol. The summed E-state index contributed by atoms with van der Waals surface area (Å²) in [5, 5.41) is 3.19. The number of benzene rings is 2. The van der Waals surface area contributed by atoms with E-state index >= 15 is 0 Å². The molecule has 2 aromatic carbocycles. The molecular weight excluding hydrogens is 561 g/mol. The fourth-order valence-electron chi connectivity index (χ4n) is 5.29. The van der Waals surface area contributed by atoms with Crippen LogP contribution in [0.2, 0.25) is 0 Å². The number of alkyl halides is 3. The molecule has 11 heteroatoms. The molecule has 43 heavy (non-hydrogen) atoms. The normalized spacial score (nSPS) is 15.3. The summed E-state index contributed by atoms with van der Waals surface area (Å²) in [6.07, 6.45) is -1.52. The molecule has 0 spiro atoms. The van der Waals surface area contributed by atoms with Gasteiger partial charge in [-0.25, -0.2) is 4.79 Å². The van der Waals surface area contributed by atoms with Crippen molar-refractivity contribution in [3.8, 4) is 0 Å². The molecule has 0 aromatic heterocycles. The number of nitrogens with one attached hydrogen (secondary N) is 1. The summed E-state index contributed by atoms with van der Waals surface area (Å²) in [7, 11) is 1.52. The lowest BCUT2D eigenvalue weighted by atomic mass is 9.83. The summed E-state index contributed by atoms with van der Waals surface area (Å²) in [4.78, 5) is 43.3.